The molecule has 10 rings (SSSR count). The van der Waals surface area contributed by atoms with Crippen LogP contribution in [0.2, 0.25) is 0 Å². The molecule has 0 unspecified atom stereocenters. The number of hydrogen-bond donors (Lipinski definition) is 0. The quantitative estimate of drug-likeness (QED) is 0.161. The third-order valence-electron chi connectivity index (χ3n) is 10.6. The van der Waals surface area contributed by atoms with Gasteiger partial charge in [-0.15, -0.1) is 0 Å². The molecule has 10 aromatic carbocycles. The predicted octanol–water partition coefficient (Wildman–Crippen LogP) is 14.6. The van der Waals surface area contributed by atoms with Crippen LogP contribution in [0.3, 0.4) is 0 Å². The molecule has 0 fully saturated rings. The van der Waals surface area contributed by atoms with E-state index in [1.807, 2.05) is 0 Å². The van der Waals surface area contributed by atoms with E-state index in [1.54, 1.807) is 0 Å². The second-order valence-corrected chi connectivity index (χ2v) is 13.6. The predicted molar refractivity (Wildman–Crippen MR) is 224 cm³/mol. The van der Waals surface area contributed by atoms with Gasteiger partial charge in [0, 0.05) is 0 Å². The number of rotatable bonds is 5. The molecule has 0 saturated heterocycles. The van der Waals surface area contributed by atoms with Crippen molar-refractivity contribution in [3.05, 3.63) is 206 Å². The molecule has 0 heterocycles. The average molecular weight is 659 g/mol. The molecule has 0 nitrogen and oxygen atoms in total. The van der Waals surface area contributed by atoms with E-state index in [0.29, 0.717) is 0 Å². The lowest BCUT2D eigenvalue weighted by Gasteiger charge is -2.19. The van der Waals surface area contributed by atoms with Crippen molar-refractivity contribution in [1.29, 1.82) is 0 Å². The zero-order chi connectivity index (χ0) is 34.4. The summed E-state index contributed by atoms with van der Waals surface area (Å²) in [5.41, 5.74) is 12.4. The first-order valence-electron chi connectivity index (χ1n) is 18.0. The Morgan fingerprint density at radius 1 is 0.192 bits per heavy atom. The second-order valence-electron chi connectivity index (χ2n) is 13.6. The first-order valence-corrected chi connectivity index (χ1v) is 18.0. The summed E-state index contributed by atoms with van der Waals surface area (Å²) in [5.74, 6) is 0. The molecule has 0 aromatic heterocycles. The third kappa shape index (κ3) is 5.08. The molecule has 0 heteroatoms. The fourth-order valence-corrected chi connectivity index (χ4v) is 8.23. The van der Waals surface area contributed by atoms with Crippen molar-refractivity contribution in [2.75, 3.05) is 0 Å². The van der Waals surface area contributed by atoms with Crippen LogP contribution in [-0.4, -0.2) is 0 Å². The van der Waals surface area contributed by atoms with E-state index in [4.69, 9.17) is 0 Å². The monoisotopic (exact) mass is 658 g/mol. The minimum atomic E-state index is 1.21. The topological polar surface area (TPSA) is 0 Å². The maximum atomic E-state index is 2.39. The summed E-state index contributed by atoms with van der Waals surface area (Å²) in [5, 5.41) is 10.1. The second kappa shape index (κ2) is 12.5. The number of fused-ring (bicyclic) bond motifs is 4. The highest BCUT2D eigenvalue weighted by atomic mass is 14.2. The van der Waals surface area contributed by atoms with E-state index >= 15 is 0 Å². The van der Waals surface area contributed by atoms with E-state index in [2.05, 4.69) is 206 Å². The standard InChI is InChI=1S/C52H34/c1-2-14-35(15-3-1)38-18-12-19-39(32-38)44-21-6-7-22-45(44)40-30-28-36-29-31-41(34-42(36)33-40)51-47-23-8-10-25-49(47)52(50-26-11-9-24-48(50)51)46-27-13-17-37-16-4-5-20-43(37)46/h1-34H. The lowest BCUT2D eigenvalue weighted by molar-refractivity contribution is 1.57. The minimum Gasteiger partial charge on any atom is -0.0622 e. The molecule has 0 atom stereocenters. The molecular formula is C52H34. The third-order valence-corrected chi connectivity index (χ3v) is 10.6. The van der Waals surface area contributed by atoms with Gasteiger partial charge in [0.1, 0.15) is 0 Å². The Kier molecular flexibility index (Phi) is 7.25. The van der Waals surface area contributed by atoms with Gasteiger partial charge < -0.3 is 0 Å². The molecule has 0 aliphatic rings. The van der Waals surface area contributed by atoms with Crippen LogP contribution in [0.15, 0.2) is 206 Å². The average Bonchev–Trinajstić information content (AvgIpc) is 3.22. The van der Waals surface area contributed by atoms with Gasteiger partial charge in [-0.3, -0.25) is 0 Å². The molecule has 0 N–H and O–H groups in total. The zero-order valence-corrected chi connectivity index (χ0v) is 28.6. The lowest BCUT2D eigenvalue weighted by Crippen LogP contribution is -1.92. The molecule has 0 spiro atoms. The summed E-state index contributed by atoms with van der Waals surface area (Å²) in [6.07, 6.45) is 0. The Morgan fingerprint density at radius 2 is 0.654 bits per heavy atom. The maximum Gasteiger partial charge on any atom is -0.00201 e. The van der Waals surface area contributed by atoms with Gasteiger partial charge >= 0.3 is 0 Å². The highest BCUT2D eigenvalue weighted by Crippen LogP contribution is 2.46. The van der Waals surface area contributed by atoms with Crippen molar-refractivity contribution in [3.63, 3.8) is 0 Å². The molecule has 0 amide bonds. The molecule has 0 aliphatic carbocycles. The largest absolute Gasteiger partial charge is 0.0622 e. The van der Waals surface area contributed by atoms with Crippen LogP contribution in [0.25, 0.3) is 98.7 Å². The summed E-state index contributed by atoms with van der Waals surface area (Å²) in [6.45, 7) is 0. The Labute approximate surface area is 303 Å². The highest BCUT2D eigenvalue weighted by molar-refractivity contribution is 6.23. The number of benzene rings is 10. The molecular weight excluding hydrogens is 625 g/mol. The van der Waals surface area contributed by atoms with Crippen LogP contribution in [0, 0.1) is 0 Å². The molecule has 0 bridgehead atoms. The summed E-state index contributed by atoms with van der Waals surface area (Å²) >= 11 is 0. The Balaban J connectivity index is 1.15. The normalized spacial score (nSPS) is 11.5. The van der Waals surface area contributed by atoms with E-state index in [-0.39, 0.29) is 0 Å². The summed E-state index contributed by atoms with van der Waals surface area (Å²) in [4.78, 5) is 0. The smallest absolute Gasteiger partial charge is 0.00201 e. The van der Waals surface area contributed by atoms with Crippen molar-refractivity contribution in [1.82, 2.24) is 0 Å². The van der Waals surface area contributed by atoms with Gasteiger partial charge in [-0.1, -0.05) is 188 Å². The Bertz CT molecular complexity index is 2890. The Morgan fingerprint density at radius 3 is 1.37 bits per heavy atom. The van der Waals surface area contributed by atoms with Crippen molar-refractivity contribution in [2.24, 2.45) is 0 Å². The highest BCUT2D eigenvalue weighted by Gasteiger charge is 2.18. The van der Waals surface area contributed by atoms with Crippen LogP contribution in [0.1, 0.15) is 0 Å². The molecule has 10 aromatic rings. The van der Waals surface area contributed by atoms with Gasteiger partial charge in [-0.25, -0.2) is 0 Å². The van der Waals surface area contributed by atoms with Crippen molar-refractivity contribution >= 4 is 43.1 Å². The van der Waals surface area contributed by atoms with E-state index < -0.39 is 0 Å². The molecule has 242 valence electrons. The molecule has 52 heavy (non-hydrogen) atoms. The van der Waals surface area contributed by atoms with Gasteiger partial charge in [0.05, 0.1) is 0 Å². The molecule has 0 saturated carbocycles. The number of hydrogen-bond acceptors (Lipinski definition) is 0. The van der Waals surface area contributed by atoms with Crippen LogP contribution in [0.5, 0.6) is 0 Å². The summed E-state index contributed by atoms with van der Waals surface area (Å²) < 4.78 is 0. The van der Waals surface area contributed by atoms with Gasteiger partial charge in [0.15, 0.2) is 0 Å². The van der Waals surface area contributed by atoms with Gasteiger partial charge in [0.25, 0.3) is 0 Å². The van der Waals surface area contributed by atoms with Crippen LogP contribution < -0.4 is 0 Å². The fraction of sp³-hybridized carbons (Fsp3) is 0. The van der Waals surface area contributed by atoms with Crippen molar-refractivity contribution < 1.29 is 0 Å². The van der Waals surface area contributed by atoms with Crippen molar-refractivity contribution in [2.45, 2.75) is 0 Å². The van der Waals surface area contributed by atoms with Gasteiger partial charge in [-0.2, -0.15) is 0 Å². The van der Waals surface area contributed by atoms with Crippen LogP contribution in [-0.2, 0) is 0 Å². The van der Waals surface area contributed by atoms with E-state index in [0.717, 1.165) is 0 Å². The lowest BCUT2D eigenvalue weighted by atomic mass is 9.84. The first kappa shape index (κ1) is 30.1. The molecule has 0 radical (unpaired) electrons. The van der Waals surface area contributed by atoms with E-state index in [1.165, 1.54) is 98.7 Å². The van der Waals surface area contributed by atoms with Gasteiger partial charge in [-0.05, 0) is 117 Å². The molecule has 0 aliphatic heterocycles. The first-order chi connectivity index (χ1) is 25.8. The van der Waals surface area contributed by atoms with Gasteiger partial charge in [0.2, 0.25) is 0 Å². The minimum absolute atomic E-state index is 1.21. The van der Waals surface area contributed by atoms with E-state index in [9.17, 15) is 0 Å². The summed E-state index contributed by atoms with van der Waals surface area (Å²) in [6, 6.07) is 75.5. The Hall–Kier alpha value is -6.76. The van der Waals surface area contributed by atoms with Crippen LogP contribution >= 0.6 is 0 Å². The fourth-order valence-electron chi connectivity index (χ4n) is 8.23. The van der Waals surface area contributed by atoms with Crippen molar-refractivity contribution in [3.8, 4) is 55.6 Å². The zero-order valence-electron chi connectivity index (χ0n) is 28.6. The SMILES string of the molecule is c1ccc(-c2cccc(-c3ccccc3-c3ccc4ccc(-c5c6ccccc6c(-c6cccc7ccccc67)c6ccccc56)cc4c3)c2)cc1. The summed E-state index contributed by atoms with van der Waals surface area (Å²) in [7, 11) is 0. The maximum absolute atomic E-state index is 2.39. The van der Waals surface area contributed by atoms with Crippen LogP contribution in [0.4, 0.5) is 0 Å².